The molecular formula is C17H19BrN2O. The maximum absolute atomic E-state index is 11.1. The van der Waals surface area contributed by atoms with Crippen LogP contribution in [0.25, 0.3) is 0 Å². The Morgan fingerprint density at radius 1 is 1.14 bits per heavy atom. The number of aryl methyl sites for hydroxylation is 1. The summed E-state index contributed by atoms with van der Waals surface area (Å²) in [5.74, 6) is -0.0600. The lowest BCUT2D eigenvalue weighted by Gasteiger charge is -2.17. The van der Waals surface area contributed by atoms with E-state index in [1.165, 1.54) is 12.5 Å². The van der Waals surface area contributed by atoms with Crippen LogP contribution in [0.4, 0.5) is 11.4 Å². The van der Waals surface area contributed by atoms with Crippen LogP contribution < -0.4 is 10.6 Å². The number of halogens is 1. The zero-order valence-electron chi connectivity index (χ0n) is 12.4. The molecule has 0 fully saturated rings. The Balaban J connectivity index is 2.14. The summed E-state index contributed by atoms with van der Waals surface area (Å²) in [5, 5.41) is 6.27. The average molecular weight is 347 g/mol. The number of nitrogens with one attached hydrogen (secondary N) is 2. The number of benzene rings is 2. The third kappa shape index (κ3) is 4.33. The molecule has 2 aromatic rings. The molecule has 1 unspecified atom stereocenters. The number of hydrogen-bond acceptors (Lipinski definition) is 2. The molecule has 2 aromatic carbocycles. The Bertz CT molecular complexity index is 655. The summed E-state index contributed by atoms with van der Waals surface area (Å²) in [6.07, 6.45) is 0. The summed E-state index contributed by atoms with van der Waals surface area (Å²) < 4.78 is 1.09. The number of carbonyl (C=O) groups excluding carboxylic acids is 1. The highest BCUT2D eigenvalue weighted by atomic mass is 79.9. The SMILES string of the molecule is CC(=O)Nc1cccc(C(C)Nc2ccc(C)c(Br)c2)c1. The number of carbonyl (C=O) groups is 1. The predicted molar refractivity (Wildman–Crippen MR) is 91.7 cm³/mol. The molecule has 0 aromatic heterocycles. The van der Waals surface area contributed by atoms with Crippen LogP contribution in [0.15, 0.2) is 46.9 Å². The summed E-state index contributed by atoms with van der Waals surface area (Å²) in [4.78, 5) is 11.1. The van der Waals surface area contributed by atoms with E-state index in [4.69, 9.17) is 0 Å². The first-order valence-electron chi connectivity index (χ1n) is 6.86. The van der Waals surface area contributed by atoms with Gasteiger partial charge >= 0.3 is 0 Å². The molecule has 0 heterocycles. The number of anilines is 2. The molecule has 0 radical (unpaired) electrons. The molecule has 4 heteroatoms. The fraction of sp³-hybridized carbons (Fsp3) is 0.235. The van der Waals surface area contributed by atoms with E-state index in [1.54, 1.807) is 0 Å². The van der Waals surface area contributed by atoms with Gasteiger partial charge in [-0.25, -0.2) is 0 Å². The van der Waals surface area contributed by atoms with Crippen molar-refractivity contribution in [2.75, 3.05) is 10.6 Å². The van der Waals surface area contributed by atoms with Gasteiger partial charge in [-0.05, 0) is 49.2 Å². The van der Waals surface area contributed by atoms with Crippen molar-refractivity contribution in [1.82, 2.24) is 0 Å². The van der Waals surface area contributed by atoms with Gasteiger partial charge in [0.25, 0.3) is 0 Å². The summed E-state index contributed by atoms with van der Waals surface area (Å²) in [6, 6.07) is 14.2. The quantitative estimate of drug-likeness (QED) is 0.827. The fourth-order valence-corrected chi connectivity index (χ4v) is 2.48. The van der Waals surface area contributed by atoms with Gasteiger partial charge in [0.05, 0.1) is 0 Å². The Hall–Kier alpha value is -1.81. The van der Waals surface area contributed by atoms with Gasteiger partial charge in [0, 0.05) is 28.8 Å². The fourth-order valence-electron chi connectivity index (χ4n) is 2.11. The zero-order valence-corrected chi connectivity index (χ0v) is 14.0. The third-order valence-electron chi connectivity index (χ3n) is 3.26. The molecule has 110 valence electrons. The Kier molecular flexibility index (Phi) is 5.02. The molecule has 0 saturated carbocycles. The molecule has 21 heavy (non-hydrogen) atoms. The highest BCUT2D eigenvalue weighted by Gasteiger charge is 2.07. The van der Waals surface area contributed by atoms with Crippen LogP contribution >= 0.6 is 15.9 Å². The zero-order chi connectivity index (χ0) is 15.4. The Labute approximate surface area is 133 Å². The predicted octanol–water partition coefficient (Wildman–Crippen LogP) is 4.89. The first-order valence-corrected chi connectivity index (χ1v) is 7.65. The summed E-state index contributed by atoms with van der Waals surface area (Å²) in [6.45, 7) is 5.67. The normalized spacial score (nSPS) is 11.8. The molecule has 0 saturated heterocycles. The summed E-state index contributed by atoms with van der Waals surface area (Å²) in [5.41, 5.74) is 4.21. The van der Waals surface area contributed by atoms with E-state index in [0.717, 1.165) is 21.4 Å². The highest BCUT2D eigenvalue weighted by molar-refractivity contribution is 9.10. The maximum Gasteiger partial charge on any atom is 0.221 e. The summed E-state index contributed by atoms with van der Waals surface area (Å²) >= 11 is 3.54. The molecule has 3 nitrogen and oxygen atoms in total. The van der Waals surface area contributed by atoms with Gasteiger partial charge < -0.3 is 10.6 Å². The van der Waals surface area contributed by atoms with Gasteiger partial charge in [-0.3, -0.25) is 4.79 Å². The number of rotatable bonds is 4. The van der Waals surface area contributed by atoms with E-state index in [0.29, 0.717) is 0 Å². The first-order chi connectivity index (χ1) is 9.95. The third-order valence-corrected chi connectivity index (χ3v) is 4.12. The van der Waals surface area contributed by atoms with Crippen molar-refractivity contribution in [2.24, 2.45) is 0 Å². The van der Waals surface area contributed by atoms with Gasteiger partial charge in [-0.1, -0.05) is 34.1 Å². The smallest absolute Gasteiger partial charge is 0.221 e. The van der Waals surface area contributed by atoms with Crippen LogP contribution in [0.2, 0.25) is 0 Å². The van der Waals surface area contributed by atoms with Crippen molar-refractivity contribution < 1.29 is 4.79 Å². The van der Waals surface area contributed by atoms with Gasteiger partial charge in [-0.2, -0.15) is 0 Å². The van der Waals surface area contributed by atoms with E-state index in [-0.39, 0.29) is 11.9 Å². The van der Waals surface area contributed by atoms with E-state index in [1.807, 2.05) is 24.3 Å². The van der Waals surface area contributed by atoms with Crippen molar-refractivity contribution in [3.63, 3.8) is 0 Å². The van der Waals surface area contributed by atoms with Crippen molar-refractivity contribution in [3.05, 3.63) is 58.1 Å². The lowest BCUT2D eigenvalue weighted by atomic mass is 10.1. The van der Waals surface area contributed by atoms with Gasteiger partial charge in [0.15, 0.2) is 0 Å². The molecule has 0 aliphatic heterocycles. The monoisotopic (exact) mass is 346 g/mol. The molecule has 0 bridgehead atoms. The van der Waals surface area contributed by atoms with Crippen molar-refractivity contribution in [2.45, 2.75) is 26.8 Å². The maximum atomic E-state index is 11.1. The number of amides is 1. The second kappa shape index (κ2) is 6.76. The van der Waals surface area contributed by atoms with Crippen LogP contribution in [-0.2, 0) is 4.79 Å². The summed E-state index contributed by atoms with van der Waals surface area (Å²) in [7, 11) is 0. The lowest BCUT2D eigenvalue weighted by Crippen LogP contribution is -2.09. The molecule has 2 rings (SSSR count). The second-order valence-electron chi connectivity index (χ2n) is 5.14. The molecule has 1 atom stereocenters. The van der Waals surface area contributed by atoms with Gasteiger partial charge in [0.1, 0.15) is 0 Å². The van der Waals surface area contributed by atoms with Crippen LogP contribution in [0, 0.1) is 6.92 Å². The number of hydrogen-bond donors (Lipinski definition) is 2. The Morgan fingerprint density at radius 2 is 1.90 bits per heavy atom. The van der Waals surface area contributed by atoms with Gasteiger partial charge in [0.2, 0.25) is 5.91 Å². The minimum atomic E-state index is -0.0600. The molecule has 2 N–H and O–H groups in total. The van der Waals surface area contributed by atoms with E-state index in [9.17, 15) is 4.79 Å². The molecule has 0 spiro atoms. The molecular weight excluding hydrogens is 328 g/mol. The van der Waals surface area contributed by atoms with Crippen LogP contribution in [-0.4, -0.2) is 5.91 Å². The van der Waals surface area contributed by atoms with Crippen molar-refractivity contribution >= 4 is 33.2 Å². The van der Waals surface area contributed by atoms with Gasteiger partial charge in [-0.15, -0.1) is 0 Å². The topological polar surface area (TPSA) is 41.1 Å². The van der Waals surface area contributed by atoms with Crippen LogP contribution in [0.3, 0.4) is 0 Å². The van der Waals surface area contributed by atoms with Crippen LogP contribution in [0.1, 0.15) is 31.0 Å². The Morgan fingerprint density at radius 3 is 2.57 bits per heavy atom. The molecule has 0 aliphatic carbocycles. The molecule has 0 aliphatic rings. The minimum Gasteiger partial charge on any atom is -0.378 e. The average Bonchev–Trinajstić information content (AvgIpc) is 2.42. The first kappa shape index (κ1) is 15.6. The highest BCUT2D eigenvalue weighted by Crippen LogP contribution is 2.25. The van der Waals surface area contributed by atoms with E-state index < -0.39 is 0 Å². The van der Waals surface area contributed by atoms with Crippen molar-refractivity contribution in [3.8, 4) is 0 Å². The van der Waals surface area contributed by atoms with Crippen molar-refractivity contribution in [1.29, 1.82) is 0 Å². The van der Waals surface area contributed by atoms with Crippen LogP contribution in [0.5, 0.6) is 0 Å². The lowest BCUT2D eigenvalue weighted by molar-refractivity contribution is -0.114. The second-order valence-corrected chi connectivity index (χ2v) is 5.99. The van der Waals surface area contributed by atoms with E-state index >= 15 is 0 Å². The van der Waals surface area contributed by atoms with E-state index in [2.05, 4.69) is 58.6 Å². The largest absolute Gasteiger partial charge is 0.378 e. The standard InChI is InChI=1S/C17H19BrN2O/c1-11-7-8-16(10-17(11)18)19-12(2)14-5-4-6-15(9-14)20-13(3)21/h4-10,12,19H,1-3H3,(H,20,21). The molecule has 1 amide bonds. The minimum absolute atomic E-state index is 0.0600.